The van der Waals surface area contributed by atoms with E-state index in [1.807, 2.05) is 25.2 Å². The second-order valence-electron chi connectivity index (χ2n) is 3.30. The first-order valence-corrected chi connectivity index (χ1v) is 6.75. The molecule has 0 unspecified atom stereocenters. The minimum atomic E-state index is 0.762. The summed E-state index contributed by atoms with van der Waals surface area (Å²) in [6, 6.07) is 7.85. The number of aromatic nitrogens is 1. The summed E-state index contributed by atoms with van der Waals surface area (Å²) in [5.41, 5.74) is 2.21. The Labute approximate surface area is 112 Å². The Balaban J connectivity index is 2.23. The van der Waals surface area contributed by atoms with Gasteiger partial charge in [0.1, 0.15) is 0 Å². The van der Waals surface area contributed by atoms with Gasteiger partial charge in [-0.3, -0.25) is 0 Å². The lowest BCUT2D eigenvalue weighted by Crippen LogP contribution is -1.91. The van der Waals surface area contributed by atoms with Crippen molar-refractivity contribution in [2.75, 3.05) is 12.4 Å². The van der Waals surface area contributed by atoms with E-state index in [0.29, 0.717) is 0 Å². The van der Waals surface area contributed by atoms with E-state index in [4.69, 9.17) is 11.6 Å². The van der Waals surface area contributed by atoms with Crippen molar-refractivity contribution in [3.05, 3.63) is 44.3 Å². The third kappa shape index (κ3) is 2.75. The zero-order valence-electron chi connectivity index (χ0n) is 8.63. The van der Waals surface area contributed by atoms with Crippen molar-refractivity contribution >= 4 is 44.0 Å². The van der Waals surface area contributed by atoms with Gasteiger partial charge in [0, 0.05) is 18.5 Å². The molecule has 0 aliphatic heterocycles. The van der Waals surface area contributed by atoms with E-state index >= 15 is 0 Å². The molecule has 84 valence electrons. The summed E-state index contributed by atoms with van der Waals surface area (Å²) < 4.78 is 1.07. The van der Waals surface area contributed by atoms with Crippen molar-refractivity contribution < 1.29 is 0 Å². The molecule has 1 heterocycles. The Kier molecular flexibility index (Phi) is 3.84. The van der Waals surface area contributed by atoms with Crippen LogP contribution in [0, 0.1) is 0 Å². The molecular formula is C11H10BrClN2S. The zero-order valence-corrected chi connectivity index (χ0v) is 11.8. The van der Waals surface area contributed by atoms with Crippen LogP contribution in [0.1, 0.15) is 11.3 Å². The van der Waals surface area contributed by atoms with Crippen LogP contribution in [0.25, 0.3) is 0 Å². The molecule has 0 spiro atoms. The highest BCUT2D eigenvalue weighted by molar-refractivity contribution is 9.11. The fourth-order valence-electron chi connectivity index (χ4n) is 1.39. The van der Waals surface area contributed by atoms with Gasteiger partial charge in [-0.05, 0) is 33.6 Å². The van der Waals surface area contributed by atoms with Gasteiger partial charge < -0.3 is 5.32 Å². The molecule has 1 aromatic heterocycles. The molecule has 0 fully saturated rings. The van der Waals surface area contributed by atoms with Gasteiger partial charge in [0.15, 0.2) is 5.13 Å². The topological polar surface area (TPSA) is 24.9 Å². The van der Waals surface area contributed by atoms with Gasteiger partial charge in [0.25, 0.3) is 0 Å². The van der Waals surface area contributed by atoms with Crippen LogP contribution in [0.4, 0.5) is 5.13 Å². The number of hydrogen-bond donors (Lipinski definition) is 1. The number of halogens is 2. The predicted molar refractivity (Wildman–Crippen MR) is 73.6 cm³/mol. The predicted octanol–water partition coefficient (Wildman–Crippen LogP) is 4.19. The van der Waals surface area contributed by atoms with E-state index in [9.17, 15) is 0 Å². The van der Waals surface area contributed by atoms with E-state index < -0.39 is 0 Å². The molecule has 2 rings (SSSR count). The fraction of sp³-hybridized carbons (Fsp3) is 0.182. The van der Waals surface area contributed by atoms with Crippen LogP contribution in [0.15, 0.2) is 28.1 Å². The van der Waals surface area contributed by atoms with Crippen LogP contribution in [-0.4, -0.2) is 12.0 Å². The number of benzene rings is 1. The SMILES string of the molecule is CNc1nc(Cc2cccc(Cl)c2)c(Br)s1. The normalized spacial score (nSPS) is 10.4. The molecule has 2 nitrogen and oxygen atoms in total. The summed E-state index contributed by atoms with van der Waals surface area (Å²) in [7, 11) is 1.87. The van der Waals surface area contributed by atoms with Crippen LogP contribution < -0.4 is 5.32 Å². The Morgan fingerprint density at radius 1 is 1.50 bits per heavy atom. The van der Waals surface area contributed by atoms with Crippen molar-refractivity contribution in [2.45, 2.75) is 6.42 Å². The highest BCUT2D eigenvalue weighted by atomic mass is 79.9. The largest absolute Gasteiger partial charge is 0.365 e. The number of anilines is 1. The van der Waals surface area contributed by atoms with Gasteiger partial charge >= 0.3 is 0 Å². The molecule has 2 aromatic rings. The smallest absolute Gasteiger partial charge is 0.183 e. The summed E-state index contributed by atoms with van der Waals surface area (Å²) in [6.07, 6.45) is 0.791. The van der Waals surface area contributed by atoms with Crippen LogP contribution in [-0.2, 0) is 6.42 Å². The van der Waals surface area contributed by atoms with Gasteiger partial charge in [-0.1, -0.05) is 35.1 Å². The number of nitrogens with one attached hydrogen (secondary N) is 1. The minimum absolute atomic E-state index is 0.762. The maximum absolute atomic E-state index is 5.94. The molecule has 1 aromatic carbocycles. The Hall–Kier alpha value is -0.580. The van der Waals surface area contributed by atoms with Crippen molar-refractivity contribution in [2.24, 2.45) is 0 Å². The lowest BCUT2D eigenvalue weighted by atomic mass is 10.1. The molecule has 0 amide bonds. The van der Waals surface area contributed by atoms with Gasteiger partial charge in [-0.2, -0.15) is 0 Å². The van der Waals surface area contributed by atoms with Crippen molar-refractivity contribution in [1.29, 1.82) is 0 Å². The second-order valence-corrected chi connectivity index (χ2v) is 6.05. The highest BCUT2D eigenvalue weighted by Gasteiger charge is 2.08. The first kappa shape index (κ1) is 11.9. The summed E-state index contributed by atoms with van der Waals surface area (Å²) >= 11 is 11.1. The molecule has 0 aliphatic carbocycles. The van der Waals surface area contributed by atoms with Gasteiger partial charge in [0.05, 0.1) is 9.48 Å². The van der Waals surface area contributed by atoms with Crippen LogP contribution >= 0.6 is 38.9 Å². The lowest BCUT2D eigenvalue weighted by molar-refractivity contribution is 1.10. The summed E-state index contributed by atoms with van der Waals surface area (Å²) in [5, 5.41) is 4.72. The molecule has 0 aliphatic rings. The van der Waals surface area contributed by atoms with Gasteiger partial charge in [0.2, 0.25) is 0 Å². The zero-order chi connectivity index (χ0) is 11.5. The molecule has 0 saturated heterocycles. The van der Waals surface area contributed by atoms with E-state index in [-0.39, 0.29) is 0 Å². The van der Waals surface area contributed by atoms with Crippen LogP contribution in [0.3, 0.4) is 0 Å². The third-order valence-corrected chi connectivity index (χ3v) is 4.21. The lowest BCUT2D eigenvalue weighted by Gasteiger charge is -1.99. The third-order valence-electron chi connectivity index (χ3n) is 2.12. The number of hydrogen-bond acceptors (Lipinski definition) is 3. The fourth-order valence-corrected chi connectivity index (χ4v) is 2.95. The monoisotopic (exact) mass is 316 g/mol. The highest BCUT2D eigenvalue weighted by Crippen LogP contribution is 2.29. The van der Waals surface area contributed by atoms with Gasteiger partial charge in [-0.15, -0.1) is 0 Å². The molecule has 0 radical (unpaired) electrons. The number of thiazole rings is 1. The van der Waals surface area contributed by atoms with Crippen LogP contribution in [0.5, 0.6) is 0 Å². The summed E-state index contributed by atoms with van der Waals surface area (Å²) in [6.45, 7) is 0. The first-order valence-electron chi connectivity index (χ1n) is 4.76. The molecule has 0 atom stereocenters. The summed E-state index contributed by atoms with van der Waals surface area (Å²) in [5.74, 6) is 0. The second kappa shape index (κ2) is 5.17. The molecule has 5 heteroatoms. The van der Waals surface area contributed by atoms with E-state index in [1.165, 1.54) is 5.56 Å². The number of rotatable bonds is 3. The van der Waals surface area contributed by atoms with E-state index in [2.05, 4.69) is 32.3 Å². The maximum Gasteiger partial charge on any atom is 0.183 e. The Morgan fingerprint density at radius 2 is 2.31 bits per heavy atom. The average molecular weight is 318 g/mol. The molecule has 0 saturated carbocycles. The molecule has 16 heavy (non-hydrogen) atoms. The van der Waals surface area contributed by atoms with Crippen LogP contribution in [0.2, 0.25) is 5.02 Å². The summed E-state index contributed by atoms with van der Waals surface area (Å²) in [4.78, 5) is 4.47. The first-order chi connectivity index (χ1) is 7.69. The molecule has 1 N–H and O–H groups in total. The minimum Gasteiger partial charge on any atom is -0.365 e. The van der Waals surface area contributed by atoms with Crippen molar-refractivity contribution in [3.63, 3.8) is 0 Å². The van der Waals surface area contributed by atoms with Gasteiger partial charge in [-0.25, -0.2) is 4.98 Å². The quantitative estimate of drug-likeness (QED) is 0.918. The molecular weight excluding hydrogens is 308 g/mol. The molecule has 0 bridgehead atoms. The van der Waals surface area contributed by atoms with Crippen molar-refractivity contribution in [1.82, 2.24) is 4.98 Å². The average Bonchev–Trinajstić information content (AvgIpc) is 2.60. The Bertz CT molecular complexity index is 498. The van der Waals surface area contributed by atoms with E-state index in [0.717, 1.165) is 26.1 Å². The van der Waals surface area contributed by atoms with Crippen molar-refractivity contribution in [3.8, 4) is 0 Å². The standard InChI is InChI=1S/C11H10BrClN2S/c1-14-11-15-9(10(12)16-11)6-7-3-2-4-8(13)5-7/h2-5H,6H2,1H3,(H,14,15). The Morgan fingerprint density at radius 3 is 2.94 bits per heavy atom. The maximum atomic E-state index is 5.94. The van der Waals surface area contributed by atoms with E-state index in [1.54, 1.807) is 11.3 Å². The number of nitrogens with zero attached hydrogens (tertiary/aromatic N) is 1.